The first-order chi connectivity index (χ1) is 7.46. The van der Waals surface area contributed by atoms with Crippen molar-refractivity contribution in [3.8, 4) is 0 Å². The first kappa shape index (κ1) is 13.1. The van der Waals surface area contributed by atoms with Gasteiger partial charge in [0.2, 0.25) is 0 Å². The van der Waals surface area contributed by atoms with E-state index in [-0.39, 0.29) is 11.6 Å². The second-order valence-electron chi connectivity index (χ2n) is 5.40. The Labute approximate surface area is 99.1 Å². The summed E-state index contributed by atoms with van der Waals surface area (Å²) >= 11 is 0. The molecule has 1 saturated heterocycles. The third kappa shape index (κ3) is 3.26. The van der Waals surface area contributed by atoms with Gasteiger partial charge in [-0.3, -0.25) is 0 Å². The van der Waals surface area contributed by atoms with Crippen LogP contribution in [0.1, 0.15) is 40.0 Å². The van der Waals surface area contributed by atoms with Crippen LogP contribution in [-0.4, -0.2) is 41.0 Å². The van der Waals surface area contributed by atoms with Crippen molar-refractivity contribution in [3.63, 3.8) is 0 Å². The molecule has 1 aliphatic heterocycles. The summed E-state index contributed by atoms with van der Waals surface area (Å²) in [5.74, 6) is 0. The van der Waals surface area contributed by atoms with Gasteiger partial charge in [-0.05, 0) is 40.0 Å². The van der Waals surface area contributed by atoms with E-state index < -0.39 is 0 Å². The van der Waals surface area contributed by atoms with Crippen molar-refractivity contribution < 1.29 is 4.79 Å². The largest absolute Gasteiger partial charge is 0.325 e. The number of piperidine rings is 1. The third-order valence-electron chi connectivity index (χ3n) is 2.98. The number of amides is 2. The zero-order valence-electron chi connectivity index (χ0n) is 10.8. The van der Waals surface area contributed by atoms with Crippen LogP contribution in [-0.2, 0) is 0 Å². The zero-order chi connectivity index (χ0) is 12.2. The Morgan fingerprint density at radius 1 is 1.31 bits per heavy atom. The van der Waals surface area contributed by atoms with Crippen molar-refractivity contribution in [2.45, 2.75) is 45.6 Å². The Morgan fingerprint density at radius 3 is 2.31 bits per heavy atom. The average Bonchev–Trinajstić information content (AvgIpc) is 2.25. The summed E-state index contributed by atoms with van der Waals surface area (Å²) in [5.41, 5.74) is -0.136. The van der Waals surface area contributed by atoms with Crippen molar-refractivity contribution in [2.24, 2.45) is 0 Å². The van der Waals surface area contributed by atoms with Crippen LogP contribution >= 0.6 is 0 Å². The van der Waals surface area contributed by atoms with Crippen LogP contribution in [0.15, 0.2) is 12.7 Å². The second-order valence-corrected chi connectivity index (χ2v) is 5.40. The minimum Gasteiger partial charge on any atom is -0.325 e. The van der Waals surface area contributed by atoms with E-state index in [0.717, 1.165) is 25.9 Å². The van der Waals surface area contributed by atoms with E-state index in [1.807, 2.05) is 9.80 Å². The van der Waals surface area contributed by atoms with Crippen molar-refractivity contribution in [1.29, 1.82) is 0 Å². The monoisotopic (exact) mass is 224 g/mol. The molecule has 0 unspecified atom stereocenters. The fourth-order valence-electron chi connectivity index (χ4n) is 2.02. The molecule has 0 saturated carbocycles. The van der Waals surface area contributed by atoms with Gasteiger partial charge in [-0.15, -0.1) is 6.58 Å². The highest BCUT2D eigenvalue weighted by molar-refractivity contribution is 5.75. The Hall–Kier alpha value is -0.990. The first-order valence-electron chi connectivity index (χ1n) is 6.14. The van der Waals surface area contributed by atoms with Gasteiger partial charge in [0.25, 0.3) is 0 Å². The van der Waals surface area contributed by atoms with Crippen LogP contribution in [0, 0.1) is 0 Å². The molecule has 3 nitrogen and oxygen atoms in total. The first-order valence-corrected chi connectivity index (χ1v) is 6.14. The lowest BCUT2D eigenvalue weighted by Crippen LogP contribution is -2.53. The molecule has 0 aromatic rings. The summed E-state index contributed by atoms with van der Waals surface area (Å²) < 4.78 is 0. The maximum Gasteiger partial charge on any atom is 0.320 e. The van der Waals surface area contributed by atoms with Gasteiger partial charge in [-0.25, -0.2) is 4.79 Å². The zero-order valence-corrected chi connectivity index (χ0v) is 10.8. The van der Waals surface area contributed by atoms with Crippen LogP contribution in [0.25, 0.3) is 0 Å². The van der Waals surface area contributed by atoms with Crippen molar-refractivity contribution in [2.75, 3.05) is 19.6 Å². The summed E-state index contributed by atoms with van der Waals surface area (Å²) in [6, 6.07) is 0.159. The lowest BCUT2D eigenvalue weighted by atomic mass is 10.1. The number of nitrogens with zero attached hydrogens (tertiary/aromatic N) is 2. The number of carbonyl (C=O) groups excluding carboxylic acids is 1. The highest BCUT2D eigenvalue weighted by Crippen LogP contribution is 2.18. The van der Waals surface area contributed by atoms with Gasteiger partial charge in [-0.2, -0.15) is 0 Å². The fourth-order valence-corrected chi connectivity index (χ4v) is 2.02. The van der Waals surface area contributed by atoms with Crippen LogP contribution in [0.3, 0.4) is 0 Å². The summed E-state index contributed by atoms with van der Waals surface area (Å²) in [6.07, 6.45) is 5.32. The molecule has 0 atom stereocenters. The SMILES string of the molecule is C=CCN(C(=O)N1CCCCC1)C(C)(C)C. The van der Waals surface area contributed by atoms with Crippen LogP contribution in [0.5, 0.6) is 0 Å². The lowest BCUT2D eigenvalue weighted by Gasteiger charge is -2.40. The van der Waals surface area contributed by atoms with E-state index in [9.17, 15) is 4.79 Å². The summed E-state index contributed by atoms with van der Waals surface area (Å²) in [4.78, 5) is 16.2. The molecule has 2 amide bonds. The highest BCUT2D eigenvalue weighted by atomic mass is 16.2. The molecule has 92 valence electrons. The molecule has 1 heterocycles. The molecule has 16 heavy (non-hydrogen) atoms. The maximum atomic E-state index is 12.3. The molecule has 0 radical (unpaired) electrons. The number of carbonyl (C=O) groups is 1. The number of likely N-dealkylation sites (tertiary alicyclic amines) is 1. The van der Waals surface area contributed by atoms with Crippen LogP contribution in [0.2, 0.25) is 0 Å². The molecule has 0 bridgehead atoms. The van der Waals surface area contributed by atoms with Gasteiger partial charge >= 0.3 is 6.03 Å². The number of urea groups is 1. The Kier molecular flexibility index (Phi) is 4.39. The van der Waals surface area contributed by atoms with Crippen molar-refractivity contribution in [1.82, 2.24) is 9.80 Å². The number of rotatable bonds is 2. The van der Waals surface area contributed by atoms with E-state index in [1.54, 1.807) is 6.08 Å². The molecule has 3 heteroatoms. The smallest absolute Gasteiger partial charge is 0.320 e. The Balaban J connectivity index is 2.69. The highest BCUT2D eigenvalue weighted by Gasteiger charge is 2.29. The van der Waals surface area contributed by atoms with Crippen LogP contribution < -0.4 is 0 Å². The van der Waals surface area contributed by atoms with Gasteiger partial charge < -0.3 is 9.80 Å². The van der Waals surface area contributed by atoms with E-state index in [2.05, 4.69) is 27.4 Å². The van der Waals surface area contributed by atoms with Crippen molar-refractivity contribution in [3.05, 3.63) is 12.7 Å². The molecule has 1 fully saturated rings. The quantitative estimate of drug-likeness (QED) is 0.662. The molecular formula is C13H24N2O. The average molecular weight is 224 g/mol. The summed E-state index contributed by atoms with van der Waals surface area (Å²) in [7, 11) is 0. The minimum absolute atomic E-state index is 0.136. The van der Waals surface area contributed by atoms with E-state index in [0.29, 0.717) is 6.54 Å². The van der Waals surface area contributed by atoms with E-state index >= 15 is 0 Å². The summed E-state index contributed by atoms with van der Waals surface area (Å²) in [6.45, 7) is 12.4. The van der Waals surface area contributed by atoms with Gasteiger partial charge in [-0.1, -0.05) is 6.08 Å². The predicted octanol–water partition coefficient (Wildman–Crippen LogP) is 2.88. The third-order valence-corrected chi connectivity index (χ3v) is 2.98. The maximum absolute atomic E-state index is 12.3. The van der Waals surface area contributed by atoms with Crippen molar-refractivity contribution >= 4 is 6.03 Å². The molecule has 0 N–H and O–H groups in total. The fraction of sp³-hybridized carbons (Fsp3) is 0.769. The van der Waals surface area contributed by atoms with Crippen LogP contribution in [0.4, 0.5) is 4.79 Å². The molecule has 1 aliphatic rings. The Bertz CT molecular complexity index is 249. The topological polar surface area (TPSA) is 23.6 Å². The number of hydrogen-bond donors (Lipinski definition) is 0. The Morgan fingerprint density at radius 2 is 1.88 bits per heavy atom. The van der Waals surface area contributed by atoms with Gasteiger partial charge in [0.15, 0.2) is 0 Å². The van der Waals surface area contributed by atoms with E-state index in [1.165, 1.54) is 6.42 Å². The molecule has 0 aromatic carbocycles. The second kappa shape index (κ2) is 5.37. The minimum atomic E-state index is -0.136. The standard InChI is InChI=1S/C13H24N2O/c1-5-9-15(13(2,3)4)12(16)14-10-7-6-8-11-14/h5H,1,6-11H2,2-4H3. The predicted molar refractivity (Wildman–Crippen MR) is 67.5 cm³/mol. The summed E-state index contributed by atoms with van der Waals surface area (Å²) in [5, 5.41) is 0. The molecular weight excluding hydrogens is 200 g/mol. The molecule has 0 aromatic heterocycles. The molecule has 0 spiro atoms. The normalized spacial score (nSPS) is 17.1. The number of hydrogen-bond acceptors (Lipinski definition) is 1. The lowest BCUT2D eigenvalue weighted by molar-refractivity contribution is 0.110. The molecule has 1 rings (SSSR count). The molecule has 0 aliphatic carbocycles. The van der Waals surface area contributed by atoms with Gasteiger partial charge in [0.05, 0.1) is 0 Å². The van der Waals surface area contributed by atoms with Gasteiger partial charge in [0, 0.05) is 25.2 Å². The van der Waals surface area contributed by atoms with Gasteiger partial charge in [0.1, 0.15) is 0 Å². The van der Waals surface area contributed by atoms with E-state index in [4.69, 9.17) is 0 Å².